The van der Waals surface area contributed by atoms with E-state index >= 15 is 0 Å². The minimum Gasteiger partial charge on any atom is -0.484 e. The Balaban J connectivity index is 1.88. The molecule has 0 aliphatic heterocycles. The van der Waals surface area contributed by atoms with Gasteiger partial charge in [-0.2, -0.15) is 0 Å². The molecule has 0 amide bonds. The van der Waals surface area contributed by atoms with Gasteiger partial charge in [0, 0.05) is 22.0 Å². The maximum atomic E-state index is 14.5. The van der Waals surface area contributed by atoms with E-state index in [-0.39, 0.29) is 22.2 Å². The summed E-state index contributed by atoms with van der Waals surface area (Å²) in [6.45, 7) is 1.53. The molecule has 0 fully saturated rings. The van der Waals surface area contributed by atoms with Gasteiger partial charge in [-0.3, -0.25) is 4.72 Å². The van der Waals surface area contributed by atoms with Crippen molar-refractivity contribution < 1.29 is 21.9 Å². The standard InChI is InChI=1S/C17H12Cl2F2N2O3S2/c1-9(11-4-10(18)2-3-13(11)20)26-15-6-14(21)16(5-12(15)19)28(24,25)23-17-7-27-8-22-17/h2-9,23H,1H3/t9-/m0/s1. The highest BCUT2D eigenvalue weighted by atomic mass is 35.5. The van der Waals surface area contributed by atoms with Gasteiger partial charge in [0.25, 0.3) is 10.0 Å². The van der Waals surface area contributed by atoms with Crippen LogP contribution in [0.1, 0.15) is 18.6 Å². The Morgan fingerprint density at radius 1 is 1.18 bits per heavy atom. The SMILES string of the molecule is C[C@H](Oc1cc(F)c(S(=O)(=O)Nc2cscn2)cc1Cl)c1cc(Cl)ccc1F. The first-order valence-corrected chi connectivity index (χ1v) is 10.9. The quantitative estimate of drug-likeness (QED) is 0.510. The molecular weight excluding hydrogens is 453 g/mol. The first-order valence-electron chi connectivity index (χ1n) is 7.69. The highest BCUT2D eigenvalue weighted by molar-refractivity contribution is 7.92. The normalized spacial score (nSPS) is 12.6. The van der Waals surface area contributed by atoms with E-state index in [4.69, 9.17) is 27.9 Å². The molecule has 0 saturated heterocycles. The molecule has 148 valence electrons. The fourth-order valence-electron chi connectivity index (χ4n) is 2.34. The van der Waals surface area contributed by atoms with E-state index in [0.717, 1.165) is 12.1 Å². The number of nitrogens with zero attached hydrogens (tertiary/aromatic N) is 1. The number of aromatic nitrogens is 1. The number of ether oxygens (including phenoxy) is 1. The van der Waals surface area contributed by atoms with Crippen molar-refractivity contribution in [3.05, 3.63) is 68.5 Å². The van der Waals surface area contributed by atoms with Gasteiger partial charge in [-0.05, 0) is 31.2 Å². The number of hydrogen-bond donors (Lipinski definition) is 1. The number of benzene rings is 2. The lowest BCUT2D eigenvalue weighted by atomic mass is 10.1. The number of halogens is 4. The second kappa shape index (κ2) is 8.20. The molecule has 11 heteroatoms. The van der Waals surface area contributed by atoms with E-state index in [1.807, 2.05) is 0 Å². The van der Waals surface area contributed by atoms with Gasteiger partial charge in [-0.25, -0.2) is 22.2 Å². The summed E-state index contributed by atoms with van der Waals surface area (Å²) in [6, 6.07) is 5.69. The van der Waals surface area contributed by atoms with Gasteiger partial charge in [-0.1, -0.05) is 23.2 Å². The lowest BCUT2D eigenvalue weighted by Crippen LogP contribution is -2.15. The molecule has 1 atom stereocenters. The topological polar surface area (TPSA) is 68.3 Å². The van der Waals surface area contributed by atoms with Gasteiger partial charge in [0.05, 0.1) is 10.5 Å². The minimum atomic E-state index is -4.24. The number of rotatable bonds is 6. The van der Waals surface area contributed by atoms with Gasteiger partial charge >= 0.3 is 0 Å². The summed E-state index contributed by atoms with van der Waals surface area (Å²) in [6.07, 6.45) is -0.855. The van der Waals surface area contributed by atoms with Crippen molar-refractivity contribution in [1.82, 2.24) is 4.98 Å². The monoisotopic (exact) mass is 464 g/mol. The van der Waals surface area contributed by atoms with Crippen molar-refractivity contribution in [3.63, 3.8) is 0 Å². The summed E-state index contributed by atoms with van der Waals surface area (Å²) in [7, 11) is -4.24. The number of anilines is 1. The maximum Gasteiger partial charge on any atom is 0.266 e. The Morgan fingerprint density at radius 3 is 2.61 bits per heavy atom. The second-order valence-corrected chi connectivity index (χ2v) is 8.83. The largest absolute Gasteiger partial charge is 0.484 e. The molecule has 0 aliphatic rings. The van der Waals surface area contributed by atoms with Gasteiger partial charge < -0.3 is 4.74 Å². The summed E-state index contributed by atoms with van der Waals surface area (Å²) >= 11 is 13.1. The summed E-state index contributed by atoms with van der Waals surface area (Å²) in [4.78, 5) is 3.12. The van der Waals surface area contributed by atoms with E-state index in [1.165, 1.54) is 47.4 Å². The lowest BCUT2D eigenvalue weighted by Gasteiger charge is -2.18. The Kier molecular flexibility index (Phi) is 6.09. The lowest BCUT2D eigenvalue weighted by molar-refractivity contribution is 0.220. The summed E-state index contributed by atoms with van der Waals surface area (Å²) in [5, 5.41) is 1.60. The van der Waals surface area contributed by atoms with E-state index in [1.54, 1.807) is 0 Å². The number of hydrogen-bond acceptors (Lipinski definition) is 5. The van der Waals surface area contributed by atoms with Crippen LogP contribution in [-0.2, 0) is 10.0 Å². The van der Waals surface area contributed by atoms with Crippen molar-refractivity contribution in [1.29, 1.82) is 0 Å². The molecule has 0 aliphatic carbocycles. The molecule has 0 radical (unpaired) electrons. The summed E-state index contributed by atoms with van der Waals surface area (Å²) in [5.41, 5.74) is 1.57. The Morgan fingerprint density at radius 2 is 1.93 bits per heavy atom. The molecule has 0 saturated carbocycles. The van der Waals surface area contributed by atoms with E-state index < -0.39 is 32.7 Å². The molecule has 0 bridgehead atoms. The van der Waals surface area contributed by atoms with Crippen LogP contribution in [0.3, 0.4) is 0 Å². The van der Waals surface area contributed by atoms with Crippen LogP contribution < -0.4 is 9.46 Å². The fourth-order valence-corrected chi connectivity index (χ4v) is 4.44. The average Bonchev–Trinajstić information content (AvgIpc) is 3.11. The fraction of sp³-hybridized carbons (Fsp3) is 0.118. The summed E-state index contributed by atoms with van der Waals surface area (Å²) in [5.74, 6) is -1.72. The zero-order valence-electron chi connectivity index (χ0n) is 14.1. The third kappa shape index (κ3) is 4.54. The van der Waals surface area contributed by atoms with E-state index in [2.05, 4.69) is 9.71 Å². The highest BCUT2D eigenvalue weighted by Gasteiger charge is 2.24. The molecule has 0 spiro atoms. The van der Waals surface area contributed by atoms with Crippen LogP contribution in [0.4, 0.5) is 14.6 Å². The van der Waals surface area contributed by atoms with Crippen LogP contribution in [0.2, 0.25) is 10.0 Å². The molecule has 1 N–H and O–H groups in total. The van der Waals surface area contributed by atoms with Crippen molar-refractivity contribution in [2.75, 3.05) is 4.72 Å². The molecule has 1 heterocycles. The van der Waals surface area contributed by atoms with Crippen molar-refractivity contribution in [2.45, 2.75) is 17.9 Å². The van der Waals surface area contributed by atoms with Crippen LogP contribution in [0.25, 0.3) is 0 Å². The third-order valence-corrected chi connectivity index (χ3v) is 6.13. The van der Waals surface area contributed by atoms with Crippen molar-refractivity contribution >= 4 is 50.4 Å². The molecular formula is C17H12Cl2F2N2O3S2. The molecule has 3 rings (SSSR count). The van der Waals surface area contributed by atoms with E-state index in [0.29, 0.717) is 5.02 Å². The highest BCUT2D eigenvalue weighted by Crippen LogP contribution is 2.34. The molecule has 2 aromatic carbocycles. The van der Waals surface area contributed by atoms with Crippen molar-refractivity contribution in [3.8, 4) is 5.75 Å². The molecule has 0 unspecified atom stereocenters. The van der Waals surface area contributed by atoms with E-state index in [9.17, 15) is 17.2 Å². The van der Waals surface area contributed by atoms with Crippen LogP contribution in [-0.4, -0.2) is 13.4 Å². The Bertz CT molecular complexity index is 1110. The van der Waals surface area contributed by atoms with Gasteiger partial charge in [0.15, 0.2) is 5.82 Å². The number of sulfonamides is 1. The second-order valence-electron chi connectivity index (χ2n) is 5.62. The zero-order valence-corrected chi connectivity index (χ0v) is 17.3. The first kappa shape index (κ1) is 20.8. The van der Waals surface area contributed by atoms with Crippen LogP contribution in [0.5, 0.6) is 5.75 Å². The number of nitrogens with one attached hydrogen (secondary N) is 1. The Labute approximate surface area is 173 Å². The first-order chi connectivity index (χ1) is 13.2. The third-order valence-electron chi connectivity index (χ3n) is 3.65. The van der Waals surface area contributed by atoms with Crippen LogP contribution in [0, 0.1) is 11.6 Å². The average molecular weight is 465 g/mol. The van der Waals surface area contributed by atoms with Gasteiger partial charge in [-0.15, -0.1) is 11.3 Å². The molecule has 28 heavy (non-hydrogen) atoms. The van der Waals surface area contributed by atoms with Crippen LogP contribution in [0.15, 0.2) is 46.1 Å². The zero-order chi connectivity index (χ0) is 20.5. The number of thiazole rings is 1. The predicted octanol–water partition coefficient (Wildman–Crippen LogP) is 5.67. The maximum absolute atomic E-state index is 14.5. The minimum absolute atomic E-state index is 0.0610. The van der Waals surface area contributed by atoms with Gasteiger partial charge in [0.2, 0.25) is 0 Å². The van der Waals surface area contributed by atoms with Gasteiger partial charge in [0.1, 0.15) is 28.4 Å². The molecule has 5 nitrogen and oxygen atoms in total. The Hall–Kier alpha value is -1.94. The molecule has 3 aromatic rings. The summed E-state index contributed by atoms with van der Waals surface area (Å²) < 4.78 is 60.8. The van der Waals surface area contributed by atoms with Crippen LogP contribution >= 0.6 is 34.5 Å². The van der Waals surface area contributed by atoms with Crippen molar-refractivity contribution in [2.24, 2.45) is 0 Å². The molecule has 1 aromatic heterocycles. The smallest absolute Gasteiger partial charge is 0.266 e. The predicted molar refractivity (Wildman–Crippen MR) is 105 cm³/mol.